The minimum atomic E-state index is -2.49. The summed E-state index contributed by atoms with van der Waals surface area (Å²) in [5, 5.41) is 0.546. The summed E-state index contributed by atoms with van der Waals surface area (Å²) in [6.45, 7) is 0. The molecule has 0 aliphatic carbocycles. The van der Waals surface area contributed by atoms with Crippen molar-refractivity contribution >= 4 is 39.7 Å². The van der Waals surface area contributed by atoms with Gasteiger partial charge < -0.3 is 5.73 Å². The van der Waals surface area contributed by atoms with Gasteiger partial charge in [0.15, 0.2) is 0 Å². The lowest BCUT2D eigenvalue weighted by Gasteiger charge is -1.98. The van der Waals surface area contributed by atoms with E-state index < -0.39 is 6.43 Å². The molecule has 0 fully saturated rings. The highest BCUT2D eigenvalue weighted by Crippen LogP contribution is 2.40. The van der Waals surface area contributed by atoms with E-state index in [1.165, 1.54) is 11.3 Å². The van der Waals surface area contributed by atoms with E-state index in [0.717, 1.165) is 4.70 Å². The highest BCUT2D eigenvalue weighted by molar-refractivity contribution is 7.83. The number of anilines is 1. The van der Waals surface area contributed by atoms with E-state index in [9.17, 15) is 8.78 Å². The summed E-state index contributed by atoms with van der Waals surface area (Å²) in [5.41, 5.74) is 6.14. The Kier molecular flexibility index (Phi) is 2.36. The molecule has 0 radical (unpaired) electrons. The molecule has 0 unspecified atom stereocenters. The molecule has 0 saturated carbocycles. The zero-order valence-corrected chi connectivity index (χ0v) is 8.71. The topological polar surface area (TPSA) is 26.0 Å². The number of nitrogens with two attached hydrogens (primary N) is 1. The van der Waals surface area contributed by atoms with Crippen LogP contribution in [0.3, 0.4) is 0 Å². The van der Waals surface area contributed by atoms with Gasteiger partial charge in [-0.25, -0.2) is 8.78 Å². The van der Waals surface area contributed by atoms with Gasteiger partial charge in [-0.1, -0.05) is 6.07 Å². The van der Waals surface area contributed by atoms with Gasteiger partial charge in [-0.05, 0) is 12.1 Å². The van der Waals surface area contributed by atoms with E-state index in [4.69, 9.17) is 5.73 Å². The Morgan fingerprint density at radius 1 is 1.36 bits per heavy atom. The normalized spacial score (nSPS) is 11.4. The lowest BCUT2D eigenvalue weighted by molar-refractivity contribution is 0.151. The van der Waals surface area contributed by atoms with E-state index in [1.54, 1.807) is 18.2 Å². The molecule has 0 aliphatic rings. The van der Waals surface area contributed by atoms with E-state index in [-0.39, 0.29) is 5.56 Å². The molecule has 2 N–H and O–H groups in total. The number of thiophene rings is 1. The van der Waals surface area contributed by atoms with Crippen molar-refractivity contribution in [3.63, 3.8) is 0 Å². The fraction of sp³-hybridized carbons (Fsp3) is 0.111. The fourth-order valence-electron chi connectivity index (χ4n) is 1.33. The van der Waals surface area contributed by atoms with Gasteiger partial charge in [-0.3, -0.25) is 0 Å². The van der Waals surface area contributed by atoms with E-state index in [0.29, 0.717) is 15.3 Å². The first-order chi connectivity index (χ1) is 6.59. The Bertz CT molecular complexity index is 479. The van der Waals surface area contributed by atoms with Crippen molar-refractivity contribution in [3.05, 3.63) is 23.8 Å². The highest BCUT2D eigenvalue weighted by Gasteiger charge is 2.17. The Hall–Kier alpha value is -0.810. The molecule has 0 aliphatic heterocycles. The van der Waals surface area contributed by atoms with Crippen molar-refractivity contribution in [1.82, 2.24) is 0 Å². The average molecular weight is 231 g/mol. The molecule has 74 valence electrons. The third-order valence-corrected chi connectivity index (χ3v) is 3.44. The number of rotatable bonds is 1. The van der Waals surface area contributed by atoms with Crippen LogP contribution in [0.1, 0.15) is 12.0 Å². The number of alkyl halides is 2. The number of halogens is 2. The largest absolute Gasteiger partial charge is 0.399 e. The maximum absolute atomic E-state index is 12.6. The molecule has 1 aromatic carbocycles. The molecule has 1 aromatic heterocycles. The summed E-state index contributed by atoms with van der Waals surface area (Å²) in [6, 6.07) is 4.92. The molecule has 0 atom stereocenters. The third kappa shape index (κ3) is 1.46. The molecular weight excluding hydrogens is 224 g/mol. The van der Waals surface area contributed by atoms with Crippen LogP contribution >= 0.6 is 24.0 Å². The molecule has 0 bridgehead atoms. The summed E-state index contributed by atoms with van der Waals surface area (Å²) in [5.74, 6) is 0. The molecule has 2 rings (SSSR count). The molecule has 2 aromatic rings. The first-order valence-electron chi connectivity index (χ1n) is 3.88. The summed E-state index contributed by atoms with van der Waals surface area (Å²) in [6.07, 6.45) is -2.49. The van der Waals surface area contributed by atoms with Crippen molar-refractivity contribution in [2.24, 2.45) is 0 Å². The van der Waals surface area contributed by atoms with Gasteiger partial charge in [0, 0.05) is 21.3 Å². The maximum atomic E-state index is 12.6. The second-order valence-corrected chi connectivity index (χ2v) is 4.68. The Morgan fingerprint density at radius 3 is 2.71 bits per heavy atom. The molecule has 14 heavy (non-hydrogen) atoms. The van der Waals surface area contributed by atoms with Crippen molar-refractivity contribution in [3.8, 4) is 0 Å². The van der Waals surface area contributed by atoms with Crippen molar-refractivity contribution < 1.29 is 8.78 Å². The summed E-state index contributed by atoms with van der Waals surface area (Å²) in [4.78, 5) is 0. The standard InChI is InChI=1S/C9H7F2NS2/c10-8(11)7-5-2-1-4(12)3-6(5)14-9(7)13/h1-3,8,13H,12H2. The monoisotopic (exact) mass is 231 g/mol. The number of thiol groups is 1. The maximum Gasteiger partial charge on any atom is 0.266 e. The second-order valence-electron chi connectivity index (χ2n) is 2.88. The zero-order chi connectivity index (χ0) is 10.3. The molecule has 1 heterocycles. The Morgan fingerprint density at radius 2 is 2.07 bits per heavy atom. The molecule has 0 amide bonds. The van der Waals surface area contributed by atoms with Gasteiger partial charge in [-0.15, -0.1) is 24.0 Å². The summed E-state index contributed by atoms with van der Waals surface area (Å²) in [7, 11) is 0. The molecule has 1 nitrogen and oxygen atoms in total. The lowest BCUT2D eigenvalue weighted by atomic mass is 10.2. The fourth-order valence-corrected chi connectivity index (χ4v) is 2.84. The zero-order valence-electron chi connectivity index (χ0n) is 7.00. The van der Waals surface area contributed by atoms with E-state index >= 15 is 0 Å². The van der Waals surface area contributed by atoms with Crippen LogP contribution in [0.4, 0.5) is 14.5 Å². The number of hydrogen-bond acceptors (Lipinski definition) is 3. The number of benzene rings is 1. The van der Waals surface area contributed by atoms with Crippen molar-refractivity contribution in [2.45, 2.75) is 10.6 Å². The average Bonchev–Trinajstić information content (AvgIpc) is 2.39. The lowest BCUT2D eigenvalue weighted by Crippen LogP contribution is -1.84. The van der Waals surface area contributed by atoms with Gasteiger partial charge in [-0.2, -0.15) is 0 Å². The van der Waals surface area contributed by atoms with Gasteiger partial charge in [0.2, 0.25) is 0 Å². The summed E-state index contributed by atoms with van der Waals surface area (Å²) >= 11 is 5.25. The van der Waals surface area contributed by atoms with E-state index in [1.807, 2.05) is 0 Å². The van der Waals surface area contributed by atoms with Crippen LogP contribution in [0.5, 0.6) is 0 Å². The van der Waals surface area contributed by atoms with Crippen LogP contribution in [-0.4, -0.2) is 0 Å². The highest BCUT2D eigenvalue weighted by atomic mass is 32.2. The van der Waals surface area contributed by atoms with E-state index in [2.05, 4.69) is 12.6 Å². The molecule has 5 heteroatoms. The molecular formula is C9H7F2NS2. The second kappa shape index (κ2) is 3.40. The van der Waals surface area contributed by atoms with Gasteiger partial charge >= 0.3 is 0 Å². The first-order valence-corrected chi connectivity index (χ1v) is 5.15. The summed E-state index contributed by atoms with van der Waals surface area (Å²) < 4.78 is 26.4. The first kappa shape index (κ1) is 9.73. The molecule has 0 spiro atoms. The number of hydrogen-bond donors (Lipinski definition) is 2. The minimum Gasteiger partial charge on any atom is -0.399 e. The van der Waals surface area contributed by atoms with Crippen LogP contribution in [0.25, 0.3) is 10.1 Å². The number of fused-ring (bicyclic) bond motifs is 1. The third-order valence-electron chi connectivity index (χ3n) is 1.95. The predicted octanol–water partition coefficient (Wildman–Crippen LogP) is 3.71. The Labute approximate surface area is 88.9 Å². The van der Waals surface area contributed by atoms with Crippen LogP contribution in [-0.2, 0) is 0 Å². The molecule has 0 saturated heterocycles. The van der Waals surface area contributed by atoms with Crippen LogP contribution < -0.4 is 5.73 Å². The van der Waals surface area contributed by atoms with Crippen LogP contribution in [0.2, 0.25) is 0 Å². The smallest absolute Gasteiger partial charge is 0.266 e. The predicted molar refractivity (Wildman–Crippen MR) is 58.4 cm³/mol. The van der Waals surface area contributed by atoms with Crippen LogP contribution in [0.15, 0.2) is 22.4 Å². The minimum absolute atomic E-state index is 0.00772. The van der Waals surface area contributed by atoms with Crippen molar-refractivity contribution in [2.75, 3.05) is 5.73 Å². The van der Waals surface area contributed by atoms with Gasteiger partial charge in [0.05, 0.1) is 4.21 Å². The van der Waals surface area contributed by atoms with Gasteiger partial charge in [0.1, 0.15) is 0 Å². The quantitative estimate of drug-likeness (QED) is 0.568. The van der Waals surface area contributed by atoms with Gasteiger partial charge in [0.25, 0.3) is 6.43 Å². The SMILES string of the molecule is Nc1ccc2c(C(F)F)c(S)sc2c1. The van der Waals surface area contributed by atoms with Crippen LogP contribution in [0, 0.1) is 0 Å². The number of nitrogen functional groups attached to an aromatic ring is 1. The van der Waals surface area contributed by atoms with Crippen molar-refractivity contribution in [1.29, 1.82) is 0 Å². The Balaban J connectivity index is 2.77.